The summed E-state index contributed by atoms with van der Waals surface area (Å²) in [4.78, 5) is 32.9. The maximum Gasteiger partial charge on any atom is 0.410 e. The first-order chi connectivity index (χ1) is 21.8. The molecule has 12 nitrogen and oxygen atoms in total. The summed E-state index contributed by atoms with van der Waals surface area (Å²) in [5.41, 5.74) is -0.362. The molecule has 2 saturated heterocycles. The number of fused-ring (bicyclic) bond motifs is 1. The Bertz CT molecular complexity index is 1300. The fourth-order valence-electron chi connectivity index (χ4n) is 6.93. The molecule has 4 heterocycles. The third-order valence-electron chi connectivity index (χ3n) is 9.90. The molecule has 0 aliphatic carbocycles. The highest BCUT2D eigenvalue weighted by molar-refractivity contribution is 6.14. The van der Waals surface area contributed by atoms with Crippen molar-refractivity contribution in [2.75, 3.05) is 20.2 Å². The number of rotatable bonds is 8. The van der Waals surface area contributed by atoms with Gasteiger partial charge in [0.25, 0.3) is 0 Å². The molecule has 2 aromatic rings. The Hall–Kier alpha value is -2.87. The van der Waals surface area contributed by atoms with Gasteiger partial charge in [0, 0.05) is 38.9 Å². The molecule has 2 fully saturated rings. The van der Waals surface area contributed by atoms with Crippen LogP contribution in [0.15, 0.2) is 30.6 Å². The van der Waals surface area contributed by atoms with Gasteiger partial charge in [-0.05, 0) is 76.9 Å². The van der Waals surface area contributed by atoms with Crippen LogP contribution in [0.25, 0.3) is 11.4 Å². The molecule has 13 heteroatoms. The molecule has 1 unspecified atom stereocenters. The van der Waals surface area contributed by atoms with Gasteiger partial charge in [0.05, 0.1) is 37.3 Å². The van der Waals surface area contributed by atoms with Gasteiger partial charge in [0.2, 0.25) is 0 Å². The average molecular weight is 639 g/mol. The second kappa shape index (κ2) is 15.4. The molecular weight excluding hydrogens is 587 g/mol. The Morgan fingerprint density at radius 2 is 1.89 bits per heavy atom. The third kappa shape index (κ3) is 7.98. The first-order valence-electron chi connectivity index (χ1n) is 16.5. The fraction of sp³-hybridized carbons (Fsp3) is 0.727. The maximum absolute atomic E-state index is 13.5. The lowest BCUT2D eigenvalue weighted by atomic mass is 9.67. The molecule has 0 spiro atoms. The van der Waals surface area contributed by atoms with Crippen LogP contribution in [0.3, 0.4) is 0 Å². The standard InChI is InChI=1S/C33H51BN6O6/c1-8-28-33(6)29(23(4)36-19-21(2)18-32(5,44-7)27(34)17-26(41)22(3)30(42)45-28)40(31(43)46-33)16-12-11-15-39-20-25(37-38-39)24-13-9-10-14-35-24/h9-10,13-14,20-23,27-30,36,42H,8,11-12,15-19H2,1-7H3/t21-,22-,23-,27-,28-,29-,30?,32-,33-/m1/s1. The number of ketones is 1. The summed E-state index contributed by atoms with van der Waals surface area (Å²) in [5.74, 6) is -1.45. The van der Waals surface area contributed by atoms with Gasteiger partial charge in [-0.2, -0.15) is 0 Å². The molecule has 2 aliphatic rings. The molecule has 2 radical (unpaired) electrons. The summed E-state index contributed by atoms with van der Waals surface area (Å²) in [7, 11) is 8.15. The number of carbonyl (C=O) groups excluding carboxylic acids is 2. The molecule has 252 valence electrons. The predicted molar refractivity (Wildman–Crippen MR) is 174 cm³/mol. The number of aryl methyl sites for hydroxylation is 1. The average Bonchev–Trinajstić information content (AvgIpc) is 3.61. The van der Waals surface area contributed by atoms with Gasteiger partial charge < -0.3 is 24.6 Å². The lowest BCUT2D eigenvalue weighted by Crippen LogP contribution is -2.61. The molecule has 9 atom stereocenters. The van der Waals surface area contributed by atoms with Crippen LogP contribution < -0.4 is 5.32 Å². The molecule has 4 rings (SSSR count). The van der Waals surface area contributed by atoms with Gasteiger partial charge in [0.1, 0.15) is 17.6 Å². The van der Waals surface area contributed by atoms with Crippen molar-refractivity contribution in [3.8, 4) is 11.4 Å². The molecule has 2 N–H and O–H groups in total. The normalized spacial score (nSPS) is 34.9. The third-order valence-corrected chi connectivity index (χ3v) is 9.90. The fourth-order valence-corrected chi connectivity index (χ4v) is 6.93. The highest BCUT2D eigenvalue weighted by atomic mass is 16.6. The molecule has 0 saturated carbocycles. The molecule has 0 bridgehead atoms. The molecule has 0 aromatic carbocycles. The number of methoxy groups -OCH3 is 1. The molecule has 46 heavy (non-hydrogen) atoms. The summed E-state index contributed by atoms with van der Waals surface area (Å²) in [6.07, 6.45) is 3.71. The summed E-state index contributed by atoms with van der Waals surface area (Å²) in [6.45, 7) is 13.3. The van der Waals surface area contributed by atoms with Crippen molar-refractivity contribution in [2.24, 2.45) is 11.8 Å². The summed E-state index contributed by atoms with van der Waals surface area (Å²) in [6, 6.07) is 5.07. The topological polar surface area (TPSA) is 141 Å². The minimum Gasteiger partial charge on any atom is -0.438 e. The van der Waals surface area contributed by atoms with Crippen LogP contribution in [0, 0.1) is 11.8 Å². The van der Waals surface area contributed by atoms with Crippen LogP contribution in [0.1, 0.15) is 73.6 Å². The van der Waals surface area contributed by atoms with Crippen LogP contribution in [0.4, 0.5) is 4.79 Å². The Morgan fingerprint density at radius 1 is 1.15 bits per heavy atom. The Morgan fingerprint density at radius 3 is 2.57 bits per heavy atom. The SMILES string of the molecule is [B][C@@H]1CC(=O)[C@@H](C)C(O)O[C@H](CC)[C@@]2(C)OC(=O)N(CCCCn3cc(-c4ccccn4)nn3)[C@@H]2[C@@H](C)NC[C@H](C)C[C@@]1(C)OC. The summed E-state index contributed by atoms with van der Waals surface area (Å²) < 4.78 is 20.0. The van der Waals surface area contributed by atoms with Gasteiger partial charge in [-0.1, -0.05) is 32.1 Å². The zero-order chi connectivity index (χ0) is 33.6. The number of amides is 1. The van der Waals surface area contributed by atoms with E-state index in [1.807, 2.05) is 52.1 Å². The first kappa shape index (κ1) is 36.0. The van der Waals surface area contributed by atoms with E-state index in [-0.39, 0.29) is 24.2 Å². The number of hydrogen-bond donors (Lipinski definition) is 2. The minimum atomic E-state index is -1.39. The highest BCUT2D eigenvalue weighted by Gasteiger charge is 2.57. The lowest BCUT2D eigenvalue weighted by Gasteiger charge is -2.42. The van der Waals surface area contributed by atoms with Crippen molar-refractivity contribution in [2.45, 2.75) is 122 Å². The second-order valence-electron chi connectivity index (χ2n) is 13.5. The van der Waals surface area contributed by atoms with E-state index in [1.165, 1.54) is 0 Å². The number of carbonyl (C=O) groups is 2. The number of aliphatic hydroxyl groups is 1. The number of pyridine rings is 1. The van der Waals surface area contributed by atoms with Gasteiger partial charge in [-0.25, -0.2) is 4.79 Å². The van der Waals surface area contributed by atoms with Gasteiger partial charge in [-0.3, -0.25) is 19.4 Å². The number of aromatic nitrogens is 4. The van der Waals surface area contributed by atoms with E-state index in [0.717, 1.165) is 12.1 Å². The largest absolute Gasteiger partial charge is 0.438 e. The number of aliphatic hydroxyl groups excluding tert-OH is 1. The summed E-state index contributed by atoms with van der Waals surface area (Å²) >= 11 is 0. The van der Waals surface area contributed by atoms with Crippen molar-refractivity contribution in [1.82, 2.24) is 30.2 Å². The van der Waals surface area contributed by atoms with Gasteiger partial charge in [-0.15, -0.1) is 5.10 Å². The van der Waals surface area contributed by atoms with E-state index in [1.54, 1.807) is 29.8 Å². The molecule has 2 aliphatic heterocycles. The van der Waals surface area contributed by atoms with E-state index < -0.39 is 47.5 Å². The Labute approximate surface area is 274 Å². The van der Waals surface area contributed by atoms with Gasteiger partial charge in [0.15, 0.2) is 11.9 Å². The minimum absolute atomic E-state index is 0.0426. The predicted octanol–water partition coefficient (Wildman–Crippen LogP) is 3.79. The van der Waals surface area contributed by atoms with E-state index >= 15 is 0 Å². The van der Waals surface area contributed by atoms with E-state index in [4.69, 9.17) is 22.1 Å². The monoisotopic (exact) mass is 638 g/mol. The Kier molecular flexibility index (Phi) is 12.0. The summed E-state index contributed by atoms with van der Waals surface area (Å²) in [5, 5.41) is 23.3. The number of Topliss-reactive ketones (excluding diaryl/α,β-unsaturated/α-hetero) is 1. The highest BCUT2D eigenvalue weighted by Crippen LogP contribution is 2.40. The van der Waals surface area contributed by atoms with Crippen LogP contribution in [-0.4, -0.2) is 106 Å². The second-order valence-corrected chi connectivity index (χ2v) is 13.5. The van der Waals surface area contributed by atoms with E-state index in [9.17, 15) is 14.7 Å². The van der Waals surface area contributed by atoms with E-state index in [0.29, 0.717) is 44.6 Å². The van der Waals surface area contributed by atoms with Crippen LogP contribution in [-0.2, 0) is 25.5 Å². The van der Waals surface area contributed by atoms with Gasteiger partial charge >= 0.3 is 6.09 Å². The lowest BCUT2D eigenvalue weighted by molar-refractivity contribution is -0.209. The first-order valence-corrected chi connectivity index (χ1v) is 16.5. The molecule has 2 aromatic heterocycles. The van der Waals surface area contributed by atoms with Crippen molar-refractivity contribution in [3.63, 3.8) is 0 Å². The quantitative estimate of drug-likeness (QED) is 0.324. The number of nitrogens with one attached hydrogen (secondary N) is 1. The molecular formula is C33H51BN6O6. The zero-order valence-electron chi connectivity index (χ0n) is 28.4. The van der Waals surface area contributed by atoms with E-state index in [2.05, 4.69) is 27.5 Å². The van der Waals surface area contributed by atoms with Crippen molar-refractivity contribution >= 4 is 19.7 Å². The van der Waals surface area contributed by atoms with Crippen molar-refractivity contribution < 1.29 is 28.9 Å². The number of nitrogens with zero attached hydrogens (tertiary/aromatic N) is 5. The maximum atomic E-state index is 13.5. The smallest absolute Gasteiger partial charge is 0.410 e. The van der Waals surface area contributed by atoms with Crippen LogP contribution in [0.5, 0.6) is 0 Å². The molecule has 1 amide bonds. The van der Waals surface area contributed by atoms with Crippen molar-refractivity contribution in [3.05, 3.63) is 30.6 Å². The number of hydrogen-bond acceptors (Lipinski definition) is 10. The van der Waals surface area contributed by atoms with Crippen LogP contribution in [0.2, 0.25) is 5.82 Å². The number of ether oxygens (including phenoxy) is 3. The number of unbranched alkanes of at least 4 members (excludes halogenated alkanes) is 1. The zero-order valence-corrected chi connectivity index (χ0v) is 28.4. The Balaban J connectivity index is 1.52. The van der Waals surface area contributed by atoms with Crippen LogP contribution >= 0.6 is 0 Å². The van der Waals surface area contributed by atoms with Crippen molar-refractivity contribution in [1.29, 1.82) is 0 Å².